The first kappa shape index (κ1) is 10.4. The molecular weight excluding hydrogens is 204 g/mol. The zero-order valence-corrected chi connectivity index (χ0v) is 10.4. The van der Waals surface area contributed by atoms with E-state index >= 15 is 0 Å². The lowest BCUT2D eigenvalue weighted by atomic mass is 10.0. The molecule has 3 heteroatoms. The van der Waals surface area contributed by atoms with Crippen molar-refractivity contribution in [3.63, 3.8) is 0 Å². The van der Waals surface area contributed by atoms with Crippen molar-refractivity contribution in [1.82, 2.24) is 0 Å². The lowest BCUT2D eigenvalue weighted by Gasteiger charge is -2.42. The zero-order valence-electron chi connectivity index (χ0n) is 9.36. The third-order valence-electron chi connectivity index (χ3n) is 2.86. The van der Waals surface area contributed by atoms with Gasteiger partial charge in [-0.2, -0.15) is 0 Å². The molecule has 2 nitrogen and oxygen atoms in total. The van der Waals surface area contributed by atoms with Crippen molar-refractivity contribution in [3.8, 4) is 0 Å². The maximum Gasteiger partial charge on any atom is 0.310 e. The molecule has 1 heterocycles. The maximum atomic E-state index is 11.5. The summed E-state index contributed by atoms with van der Waals surface area (Å²) in [7, 11) is -1.46. The van der Waals surface area contributed by atoms with Crippen LogP contribution in [0.1, 0.15) is 11.7 Å². The molecule has 1 aliphatic heterocycles. The molecule has 0 unspecified atom stereocenters. The predicted molar refractivity (Wildman–Crippen MR) is 62.4 cm³/mol. The number of carbonyl (C=O) groups excluding carboxylic acids is 1. The minimum absolute atomic E-state index is 0.00497. The number of rotatable bonds is 2. The summed E-state index contributed by atoms with van der Waals surface area (Å²) in [6.07, 6.45) is 0.00497. The highest BCUT2D eigenvalue weighted by molar-refractivity contribution is 6.81. The Hall–Kier alpha value is -1.09. The number of carbonyl (C=O) groups is 1. The van der Waals surface area contributed by atoms with Crippen molar-refractivity contribution in [2.45, 2.75) is 31.3 Å². The Morgan fingerprint density at radius 2 is 1.73 bits per heavy atom. The molecule has 2 rings (SSSR count). The summed E-state index contributed by atoms with van der Waals surface area (Å²) < 4.78 is 5.26. The number of hydrogen-bond donors (Lipinski definition) is 0. The summed E-state index contributed by atoms with van der Waals surface area (Å²) >= 11 is 0. The van der Waals surface area contributed by atoms with Gasteiger partial charge in [0.2, 0.25) is 0 Å². The Labute approximate surface area is 91.3 Å². The topological polar surface area (TPSA) is 26.3 Å². The second-order valence-electron chi connectivity index (χ2n) is 5.11. The largest absolute Gasteiger partial charge is 0.457 e. The second kappa shape index (κ2) is 3.49. The smallest absolute Gasteiger partial charge is 0.310 e. The van der Waals surface area contributed by atoms with Crippen LogP contribution in [0.2, 0.25) is 25.2 Å². The van der Waals surface area contributed by atoms with Crippen molar-refractivity contribution in [3.05, 3.63) is 35.9 Å². The molecular formula is C12H16O2Si. The first-order valence-electron chi connectivity index (χ1n) is 5.25. The van der Waals surface area contributed by atoms with Crippen LogP contribution < -0.4 is 0 Å². The van der Waals surface area contributed by atoms with E-state index in [1.54, 1.807) is 0 Å². The molecule has 1 aliphatic rings. The van der Waals surface area contributed by atoms with E-state index in [1.807, 2.05) is 30.3 Å². The van der Waals surface area contributed by atoms with Crippen LogP contribution in [0.15, 0.2) is 30.3 Å². The summed E-state index contributed by atoms with van der Waals surface area (Å²) in [5.41, 5.74) is 1.25. The van der Waals surface area contributed by atoms with E-state index in [1.165, 1.54) is 0 Å². The number of esters is 1. The van der Waals surface area contributed by atoms with Crippen molar-refractivity contribution in [2.24, 2.45) is 0 Å². The highest BCUT2D eigenvalue weighted by Crippen LogP contribution is 2.47. The first-order valence-corrected chi connectivity index (χ1v) is 8.83. The zero-order chi connectivity index (χ0) is 11.1. The van der Waals surface area contributed by atoms with Gasteiger partial charge in [0, 0.05) is 0 Å². The van der Waals surface area contributed by atoms with E-state index in [0.717, 1.165) is 5.56 Å². The van der Waals surface area contributed by atoms with Gasteiger partial charge in [0.25, 0.3) is 0 Å². The fourth-order valence-corrected chi connectivity index (χ4v) is 3.97. The molecule has 0 N–H and O–H groups in total. The number of ether oxygens (including phenoxy) is 1. The van der Waals surface area contributed by atoms with Gasteiger partial charge >= 0.3 is 5.97 Å². The van der Waals surface area contributed by atoms with Gasteiger partial charge in [0.15, 0.2) is 0 Å². The van der Waals surface area contributed by atoms with Gasteiger partial charge in [0.05, 0.1) is 13.6 Å². The maximum absolute atomic E-state index is 11.5. The minimum Gasteiger partial charge on any atom is -0.457 e. The Bertz CT molecular complexity index is 367. The Morgan fingerprint density at radius 1 is 1.13 bits per heavy atom. The number of benzene rings is 1. The summed E-state index contributed by atoms with van der Waals surface area (Å²) in [5.74, 6) is -0.0111. The van der Waals surface area contributed by atoms with Crippen LogP contribution in [0.5, 0.6) is 0 Å². The van der Waals surface area contributed by atoms with Crippen LogP contribution in [0, 0.1) is 0 Å². The average molecular weight is 220 g/mol. The molecule has 0 radical (unpaired) electrons. The fourth-order valence-electron chi connectivity index (χ4n) is 2.03. The molecule has 2 atom stereocenters. The van der Waals surface area contributed by atoms with Gasteiger partial charge in [-0.25, -0.2) is 0 Å². The van der Waals surface area contributed by atoms with E-state index in [9.17, 15) is 4.79 Å². The van der Waals surface area contributed by atoms with Crippen molar-refractivity contribution < 1.29 is 9.53 Å². The molecule has 0 spiro atoms. The van der Waals surface area contributed by atoms with Crippen LogP contribution in [-0.2, 0) is 9.53 Å². The first-order chi connectivity index (χ1) is 7.00. The van der Waals surface area contributed by atoms with Crippen LogP contribution in [0.4, 0.5) is 0 Å². The van der Waals surface area contributed by atoms with Crippen LogP contribution >= 0.6 is 0 Å². The van der Waals surface area contributed by atoms with E-state index < -0.39 is 8.07 Å². The Kier molecular flexibility index (Phi) is 2.42. The molecule has 0 amide bonds. The standard InChI is InChI=1S/C12H16O2Si/c1-15(2,3)11-10(14-12(11)13)9-7-5-4-6-8-9/h4-8,10-11H,1-3H3/t10-,11+/m1/s1. The molecule has 1 saturated heterocycles. The van der Waals surface area contributed by atoms with Gasteiger partial charge in [-0.05, 0) is 5.56 Å². The molecule has 15 heavy (non-hydrogen) atoms. The van der Waals surface area contributed by atoms with E-state index in [4.69, 9.17) is 4.74 Å². The normalized spacial score (nSPS) is 25.7. The lowest BCUT2D eigenvalue weighted by Crippen LogP contribution is -2.47. The quantitative estimate of drug-likeness (QED) is 0.566. The Morgan fingerprint density at radius 3 is 2.20 bits per heavy atom. The SMILES string of the molecule is C[Si](C)(C)[C@@H]1C(=O)O[C@@H]1c1ccccc1. The van der Waals surface area contributed by atoms with Crippen molar-refractivity contribution in [2.75, 3.05) is 0 Å². The molecule has 1 fully saturated rings. The lowest BCUT2D eigenvalue weighted by molar-refractivity contribution is -0.170. The molecule has 1 aromatic carbocycles. The number of cyclic esters (lactones) is 1. The Balaban J connectivity index is 2.23. The summed E-state index contributed by atoms with van der Waals surface area (Å²) in [4.78, 5) is 11.5. The third-order valence-corrected chi connectivity index (χ3v) is 5.27. The molecule has 0 aromatic heterocycles. The summed E-state index contributed by atoms with van der Waals surface area (Å²) in [6, 6.07) is 10.0. The van der Waals surface area contributed by atoms with Crippen LogP contribution in [-0.4, -0.2) is 14.0 Å². The van der Waals surface area contributed by atoms with Gasteiger partial charge < -0.3 is 4.74 Å². The highest BCUT2D eigenvalue weighted by Gasteiger charge is 2.50. The van der Waals surface area contributed by atoms with Crippen molar-refractivity contribution >= 4 is 14.0 Å². The van der Waals surface area contributed by atoms with E-state index in [-0.39, 0.29) is 17.6 Å². The average Bonchev–Trinajstić information content (AvgIpc) is 2.12. The minimum atomic E-state index is -1.46. The number of hydrogen-bond acceptors (Lipinski definition) is 2. The van der Waals surface area contributed by atoms with E-state index in [2.05, 4.69) is 19.6 Å². The molecule has 80 valence electrons. The summed E-state index contributed by atoms with van der Waals surface area (Å²) in [6.45, 7) is 6.65. The molecule has 0 bridgehead atoms. The van der Waals surface area contributed by atoms with Gasteiger partial charge in [-0.3, -0.25) is 4.79 Å². The highest BCUT2D eigenvalue weighted by atomic mass is 28.3. The monoisotopic (exact) mass is 220 g/mol. The fraction of sp³-hybridized carbons (Fsp3) is 0.417. The van der Waals surface area contributed by atoms with Gasteiger partial charge in [0.1, 0.15) is 6.10 Å². The van der Waals surface area contributed by atoms with E-state index in [0.29, 0.717) is 0 Å². The summed E-state index contributed by atoms with van der Waals surface area (Å²) in [5, 5.41) is 0. The molecule has 0 aliphatic carbocycles. The third kappa shape index (κ3) is 1.84. The van der Waals surface area contributed by atoms with Gasteiger partial charge in [-0.1, -0.05) is 50.0 Å². The second-order valence-corrected chi connectivity index (χ2v) is 10.5. The van der Waals surface area contributed by atoms with Gasteiger partial charge in [-0.15, -0.1) is 0 Å². The predicted octanol–water partition coefficient (Wildman–Crippen LogP) is 2.99. The van der Waals surface area contributed by atoms with Crippen LogP contribution in [0.3, 0.4) is 0 Å². The van der Waals surface area contributed by atoms with Crippen LogP contribution in [0.25, 0.3) is 0 Å². The molecule has 1 aromatic rings. The molecule has 0 saturated carbocycles. The van der Waals surface area contributed by atoms with Crippen molar-refractivity contribution in [1.29, 1.82) is 0 Å².